The molecule has 7 heteroatoms. The largest absolute Gasteiger partial charge is 0.479 e. The number of likely N-dealkylation sites (N-methyl/N-ethyl adjacent to an activating group) is 1. The molecule has 108 valence electrons. The average Bonchev–Trinajstić information content (AvgIpc) is 2.86. The van der Waals surface area contributed by atoms with E-state index in [1.54, 1.807) is 4.90 Å². The molecular formula is C12H21N3O4. The topological polar surface area (TPSA) is 82.1 Å². The number of nitrogens with one attached hydrogen (secondary N) is 1. The average molecular weight is 271 g/mol. The number of carboxylic acid groups (broad SMARTS) is 1. The van der Waals surface area contributed by atoms with Gasteiger partial charge in [-0.1, -0.05) is 0 Å². The molecule has 2 aliphatic heterocycles. The van der Waals surface area contributed by atoms with E-state index in [-0.39, 0.29) is 12.1 Å². The zero-order valence-corrected chi connectivity index (χ0v) is 11.2. The van der Waals surface area contributed by atoms with Crippen molar-refractivity contribution in [1.29, 1.82) is 0 Å². The standard InChI is InChI=1S/C12H21N3O4/c1-14-4-6-15(7-5-14)12(18)13-8-9-2-3-10(19-9)11(16)17/h9-10H,2-8H2,1H3,(H,13,18)(H,16,17). The predicted molar refractivity (Wildman–Crippen MR) is 68.0 cm³/mol. The van der Waals surface area contributed by atoms with Gasteiger partial charge in [-0.2, -0.15) is 0 Å². The summed E-state index contributed by atoms with van der Waals surface area (Å²) in [7, 11) is 2.04. The molecule has 0 saturated carbocycles. The van der Waals surface area contributed by atoms with Gasteiger partial charge >= 0.3 is 12.0 Å². The summed E-state index contributed by atoms with van der Waals surface area (Å²) in [6.45, 7) is 3.61. The van der Waals surface area contributed by atoms with Gasteiger partial charge < -0.3 is 25.0 Å². The first-order valence-electron chi connectivity index (χ1n) is 6.66. The first kappa shape index (κ1) is 14.1. The number of piperazine rings is 1. The van der Waals surface area contributed by atoms with Crippen molar-refractivity contribution in [3.05, 3.63) is 0 Å². The third-order valence-corrected chi connectivity index (χ3v) is 3.65. The van der Waals surface area contributed by atoms with Crippen LogP contribution in [0, 0.1) is 0 Å². The van der Waals surface area contributed by atoms with Crippen LogP contribution < -0.4 is 5.32 Å². The number of ether oxygens (including phenoxy) is 1. The number of carbonyl (C=O) groups is 2. The van der Waals surface area contributed by atoms with Crippen molar-refractivity contribution in [1.82, 2.24) is 15.1 Å². The van der Waals surface area contributed by atoms with Gasteiger partial charge in [0.05, 0.1) is 6.10 Å². The number of hydrogen-bond donors (Lipinski definition) is 2. The van der Waals surface area contributed by atoms with Crippen LogP contribution in [0.4, 0.5) is 4.79 Å². The van der Waals surface area contributed by atoms with Crippen LogP contribution in [0.2, 0.25) is 0 Å². The van der Waals surface area contributed by atoms with Crippen LogP contribution in [0.1, 0.15) is 12.8 Å². The minimum atomic E-state index is -0.923. The highest BCUT2D eigenvalue weighted by Gasteiger charge is 2.31. The Hall–Kier alpha value is -1.34. The molecule has 2 unspecified atom stereocenters. The first-order valence-corrected chi connectivity index (χ1v) is 6.66. The highest BCUT2D eigenvalue weighted by molar-refractivity contribution is 5.74. The summed E-state index contributed by atoms with van der Waals surface area (Å²) in [5, 5.41) is 11.6. The molecule has 2 N–H and O–H groups in total. The van der Waals surface area contributed by atoms with E-state index in [9.17, 15) is 9.59 Å². The van der Waals surface area contributed by atoms with E-state index in [0.29, 0.717) is 19.4 Å². The Morgan fingerprint density at radius 1 is 1.26 bits per heavy atom. The van der Waals surface area contributed by atoms with Gasteiger partial charge in [-0.15, -0.1) is 0 Å². The van der Waals surface area contributed by atoms with Crippen molar-refractivity contribution in [2.24, 2.45) is 0 Å². The molecule has 2 atom stereocenters. The van der Waals surface area contributed by atoms with Crippen LogP contribution in [-0.2, 0) is 9.53 Å². The minimum Gasteiger partial charge on any atom is -0.479 e. The van der Waals surface area contributed by atoms with Crippen LogP contribution >= 0.6 is 0 Å². The van der Waals surface area contributed by atoms with Gasteiger partial charge in [0.15, 0.2) is 6.10 Å². The summed E-state index contributed by atoms with van der Waals surface area (Å²) in [5.74, 6) is -0.923. The van der Waals surface area contributed by atoms with Crippen molar-refractivity contribution < 1.29 is 19.4 Å². The van der Waals surface area contributed by atoms with Gasteiger partial charge in [0.2, 0.25) is 0 Å². The van der Waals surface area contributed by atoms with E-state index in [1.165, 1.54) is 0 Å². The predicted octanol–water partition coefficient (Wildman–Crippen LogP) is -0.424. The number of hydrogen-bond acceptors (Lipinski definition) is 4. The van der Waals surface area contributed by atoms with E-state index in [0.717, 1.165) is 26.2 Å². The molecular weight excluding hydrogens is 250 g/mol. The Balaban J connectivity index is 1.68. The normalized spacial score (nSPS) is 28.4. The molecule has 0 aromatic heterocycles. The number of carbonyl (C=O) groups excluding carboxylic acids is 1. The Labute approximate surface area is 112 Å². The van der Waals surface area contributed by atoms with E-state index in [1.807, 2.05) is 7.05 Å². The number of nitrogens with zero attached hydrogens (tertiary/aromatic N) is 2. The van der Waals surface area contributed by atoms with Gasteiger partial charge in [-0.3, -0.25) is 0 Å². The number of amides is 2. The first-order chi connectivity index (χ1) is 9.06. The van der Waals surface area contributed by atoms with Gasteiger partial charge in [0.1, 0.15) is 0 Å². The molecule has 2 fully saturated rings. The lowest BCUT2D eigenvalue weighted by Crippen LogP contribution is -2.51. The second-order valence-electron chi connectivity index (χ2n) is 5.14. The highest BCUT2D eigenvalue weighted by atomic mass is 16.5. The molecule has 7 nitrogen and oxygen atoms in total. The zero-order valence-electron chi connectivity index (χ0n) is 11.2. The van der Waals surface area contributed by atoms with Gasteiger partial charge in [0, 0.05) is 32.7 Å². The van der Waals surface area contributed by atoms with E-state index in [2.05, 4.69) is 10.2 Å². The fraction of sp³-hybridized carbons (Fsp3) is 0.833. The zero-order chi connectivity index (χ0) is 13.8. The number of carboxylic acids is 1. The van der Waals surface area contributed by atoms with Crippen LogP contribution in [-0.4, -0.2) is 78.9 Å². The highest BCUT2D eigenvalue weighted by Crippen LogP contribution is 2.19. The van der Waals surface area contributed by atoms with Gasteiger partial charge in [0.25, 0.3) is 0 Å². The van der Waals surface area contributed by atoms with E-state index < -0.39 is 12.1 Å². The summed E-state index contributed by atoms with van der Waals surface area (Å²) >= 11 is 0. The van der Waals surface area contributed by atoms with Crippen molar-refractivity contribution in [3.63, 3.8) is 0 Å². The molecule has 2 aliphatic rings. The molecule has 0 radical (unpaired) electrons. The molecule has 2 amide bonds. The molecule has 0 spiro atoms. The number of urea groups is 1. The lowest BCUT2D eigenvalue weighted by atomic mass is 10.2. The smallest absolute Gasteiger partial charge is 0.332 e. The molecule has 0 aromatic carbocycles. The third-order valence-electron chi connectivity index (χ3n) is 3.65. The second kappa shape index (κ2) is 6.21. The van der Waals surface area contributed by atoms with Crippen molar-refractivity contribution >= 4 is 12.0 Å². The van der Waals surface area contributed by atoms with E-state index >= 15 is 0 Å². The van der Waals surface area contributed by atoms with Crippen LogP contribution in [0.25, 0.3) is 0 Å². The molecule has 0 aromatic rings. The summed E-state index contributed by atoms with van der Waals surface area (Å²) in [6, 6.07) is -0.0875. The SMILES string of the molecule is CN1CCN(C(=O)NCC2CCC(C(=O)O)O2)CC1. The van der Waals surface area contributed by atoms with Crippen molar-refractivity contribution in [2.75, 3.05) is 39.8 Å². The molecule has 2 heterocycles. The van der Waals surface area contributed by atoms with Crippen molar-refractivity contribution in [3.8, 4) is 0 Å². The number of rotatable bonds is 3. The Morgan fingerprint density at radius 2 is 1.95 bits per heavy atom. The Bertz CT molecular complexity index is 342. The van der Waals surface area contributed by atoms with Crippen LogP contribution in [0.15, 0.2) is 0 Å². The van der Waals surface area contributed by atoms with Crippen molar-refractivity contribution in [2.45, 2.75) is 25.0 Å². The number of aliphatic carboxylic acids is 1. The lowest BCUT2D eigenvalue weighted by molar-refractivity contribution is -0.149. The summed E-state index contributed by atoms with van der Waals surface area (Å²) in [5.41, 5.74) is 0. The van der Waals surface area contributed by atoms with Gasteiger partial charge in [-0.25, -0.2) is 9.59 Å². The maximum Gasteiger partial charge on any atom is 0.332 e. The maximum atomic E-state index is 11.9. The summed E-state index contributed by atoms with van der Waals surface area (Å²) in [4.78, 5) is 26.6. The summed E-state index contributed by atoms with van der Waals surface area (Å²) < 4.78 is 5.34. The fourth-order valence-electron chi connectivity index (χ4n) is 2.36. The van der Waals surface area contributed by atoms with Crippen LogP contribution in [0.5, 0.6) is 0 Å². The Kier molecular flexibility index (Phi) is 4.60. The molecule has 0 aliphatic carbocycles. The third kappa shape index (κ3) is 3.81. The second-order valence-corrected chi connectivity index (χ2v) is 5.14. The molecule has 2 saturated heterocycles. The fourth-order valence-corrected chi connectivity index (χ4v) is 2.36. The Morgan fingerprint density at radius 3 is 2.53 bits per heavy atom. The van der Waals surface area contributed by atoms with E-state index in [4.69, 9.17) is 9.84 Å². The molecule has 19 heavy (non-hydrogen) atoms. The monoisotopic (exact) mass is 271 g/mol. The van der Waals surface area contributed by atoms with Crippen LogP contribution in [0.3, 0.4) is 0 Å². The van der Waals surface area contributed by atoms with Gasteiger partial charge in [-0.05, 0) is 19.9 Å². The summed E-state index contributed by atoms with van der Waals surface area (Å²) in [6.07, 6.45) is 0.299. The lowest BCUT2D eigenvalue weighted by Gasteiger charge is -2.32. The molecule has 0 bridgehead atoms. The molecule has 2 rings (SSSR count). The minimum absolute atomic E-state index is 0.0875. The quantitative estimate of drug-likeness (QED) is 0.728. The maximum absolute atomic E-state index is 11.9.